The van der Waals surface area contributed by atoms with Gasteiger partial charge in [-0.3, -0.25) is 4.90 Å². The first-order chi connectivity index (χ1) is 10.7. The maximum absolute atomic E-state index is 12.3. The molecule has 1 N–H and O–H groups in total. The molecule has 0 bridgehead atoms. The van der Waals surface area contributed by atoms with Crippen molar-refractivity contribution in [1.82, 2.24) is 9.88 Å². The van der Waals surface area contributed by atoms with Crippen LogP contribution in [0, 0.1) is 6.92 Å². The minimum absolute atomic E-state index is 0.0571. The van der Waals surface area contributed by atoms with Crippen LogP contribution in [0.25, 0.3) is 11.3 Å². The van der Waals surface area contributed by atoms with Gasteiger partial charge in [0.05, 0.1) is 12.2 Å². The zero-order valence-electron chi connectivity index (χ0n) is 12.6. The third-order valence-electron chi connectivity index (χ3n) is 3.21. The second kappa shape index (κ2) is 6.90. The maximum Gasteiger partial charge on any atom is 0.415 e. The molecule has 0 saturated heterocycles. The summed E-state index contributed by atoms with van der Waals surface area (Å²) in [5.41, 5.74) is 1.41. The van der Waals surface area contributed by atoms with E-state index in [1.807, 2.05) is 0 Å². The number of hydrogen-bond acceptors (Lipinski definition) is 4. The van der Waals surface area contributed by atoms with Crippen LogP contribution in [0.3, 0.4) is 0 Å². The number of halogens is 4. The maximum atomic E-state index is 12.3. The Balaban J connectivity index is 2.07. The summed E-state index contributed by atoms with van der Waals surface area (Å²) in [5.74, 6) is 0.825. The average Bonchev–Trinajstić information content (AvgIpc) is 2.79. The Morgan fingerprint density at radius 2 is 1.91 bits per heavy atom. The molecule has 0 fully saturated rings. The highest BCUT2D eigenvalue weighted by Gasteiger charge is 2.38. The standard InChI is InChI=1S/C15H16ClF3N2O2/c1-9-14(10-3-5-11(16)6-4-10)23-13(20-9)8-21(2)7-12(22)15(17,18)19/h3-6,12,22H,7-8H2,1-2H3. The second-order valence-electron chi connectivity index (χ2n) is 5.28. The number of aryl methyl sites for hydroxylation is 1. The van der Waals surface area contributed by atoms with E-state index >= 15 is 0 Å². The van der Waals surface area contributed by atoms with Crippen LogP contribution in [-0.4, -0.2) is 40.9 Å². The molecule has 126 valence electrons. The van der Waals surface area contributed by atoms with Crippen molar-refractivity contribution >= 4 is 11.6 Å². The fourth-order valence-corrected chi connectivity index (χ4v) is 2.21. The predicted octanol–water partition coefficient (Wildman–Crippen LogP) is 3.66. The lowest BCUT2D eigenvalue weighted by atomic mass is 10.1. The Hall–Kier alpha value is -1.57. The van der Waals surface area contributed by atoms with E-state index in [0.29, 0.717) is 16.5 Å². The molecule has 4 nitrogen and oxygen atoms in total. The molecule has 8 heteroatoms. The van der Waals surface area contributed by atoms with Gasteiger partial charge in [-0.15, -0.1) is 0 Å². The van der Waals surface area contributed by atoms with Crippen LogP contribution in [0.2, 0.25) is 5.02 Å². The molecule has 0 saturated carbocycles. The minimum atomic E-state index is -4.64. The summed E-state index contributed by atoms with van der Waals surface area (Å²) < 4.78 is 42.7. The summed E-state index contributed by atoms with van der Waals surface area (Å²) in [5, 5.41) is 9.66. The topological polar surface area (TPSA) is 49.5 Å². The Kier molecular flexibility index (Phi) is 5.33. The molecule has 1 atom stereocenters. The van der Waals surface area contributed by atoms with Gasteiger partial charge < -0.3 is 9.52 Å². The fourth-order valence-electron chi connectivity index (χ4n) is 2.08. The number of aliphatic hydroxyl groups excluding tert-OH is 1. The van der Waals surface area contributed by atoms with E-state index in [-0.39, 0.29) is 12.4 Å². The zero-order chi connectivity index (χ0) is 17.2. The van der Waals surface area contributed by atoms with Crippen molar-refractivity contribution in [3.63, 3.8) is 0 Å². The van der Waals surface area contributed by atoms with Crippen LogP contribution in [0.4, 0.5) is 13.2 Å². The van der Waals surface area contributed by atoms with Crippen molar-refractivity contribution in [2.24, 2.45) is 0 Å². The number of likely N-dealkylation sites (N-methyl/N-ethyl adjacent to an activating group) is 1. The van der Waals surface area contributed by atoms with Gasteiger partial charge in [0.2, 0.25) is 5.89 Å². The predicted molar refractivity (Wildman–Crippen MR) is 80.1 cm³/mol. The highest BCUT2D eigenvalue weighted by atomic mass is 35.5. The molecular formula is C15H16ClF3N2O2. The highest BCUT2D eigenvalue weighted by molar-refractivity contribution is 6.30. The highest BCUT2D eigenvalue weighted by Crippen LogP contribution is 2.26. The molecule has 2 rings (SSSR count). The lowest BCUT2D eigenvalue weighted by Crippen LogP contribution is -2.39. The summed E-state index contributed by atoms with van der Waals surface area (Å²) in [7, 11) is 1.45. The third-order valence-corrected chi connectivity index (χ3v) is 3.47. The molecule has 0 amide bonds. The van der Waals surface area contributed by atoms with E-state index < -0.39 is 18.8 Å². The summed E-state index contributed by atoms with van der Waals surface area (Å²) >= 11 is 5.83. The lowest BCUT2D eigenvalue weighted by Gasteiger charge is -2.20. The molecule has 1 heterocycles. The zero-order valence-corrected chi connectivity index (χ0v) is 13.3. The van der Waals surface area contributed by atoms with E-state index in [0.717, 1.165) is 5.56 Å². The summed E-state index contributed by atoms with van der Waals surface area (Å²) in [4.78, 5) is 5.52. The molecular weight excluding hydrogens is 333 g/mol. The van der Waals surface area contributed by atoms with E-state index in [1.165, 1.54) is 11.9 Å². The average molecular weight is 349 g/mol. The van der Waals surface area contributed by atoms with Crippen molar-refractivity contribution in [2.45, 2.75) is 25.7 Å². The largest absolute Gasteiger partial charge is 0.439 e. The van der Waals surface area contributed by atoms with Gasteiger partial charge in [-0.1, -0.05) is 11.6 Å². The molecule has 2 aromatic rings. The van der Waals surface area contributed by atoms with Gasteiger partial charge in [-0.25, -0.2) is 4.98 Å². The summed E-state index contributed by atoms with van der Waals surface area (Å²) in [6.07, 6.45) is -7.05. The number of benzene rings is 1. The van der Waals surface area contributed by atoms with Gasteiger partial charge >= 0.3 is 6.18 Å². The quantitative estimate of drug-likeness (QED) is 0.896. The van der Waals surface area contributed by atoms with Crippen molar-refractivity contribution in [2.75, 3.05) is 13.6 Å². The molecule has 0 radical (unpaired) electrons. The van der Waals surface area contributed by atoms with E-state index in [2.05, 4.69) is 4.98 Å². The summed E-state index contributed by atoms with van der Waals surface area (Å²) in [6.45, 7) is 1.25. The molecule has 1 aromatic carbocycles. The van der Waals surface area contributed by atoms with Gasteiger partial charge in [0, 0.05) is 17.1 Å². The van der Waals surface area contributed by atoms with Crippen LogP contribution in [-0.2, 0) is 6.54 Å². The second-order valence-corrected chi connectivity index (χ2v) is 5.72. The summed E-state index contributed by atoms with van der Waals surface area (Å²) in [6, 6.07) is 6.97. The molecule has 0 spiro atoms. The van der Waals surface area contributed by atoms with E-state index in [4.69, 9.17) is 21.1 Å². The Morgan fingerprint density at radius 1 is 1.30 bits per heavy atom. The smallest absolute Gasteiger partial charge is 0.415 e. The first kappa shape index (κ1) is 17.8. The SMILES string of the molecule is Cc1nc(CN(C)CC(O)C(F)(F)F)oc1-c1ccc(Cl)cc1. The number of hydrogen-bond donors (Lipinski definition) is 1. The first-order valence-electron chi connectivity index (χ1n) is 6.82. The number of nitrogens with zero attached hydrogens (tertiary/aromatic N) is 2. The molecule has 0 aliphatic rings. The van der Waals surface area contributed by atoms with Crippen molar-refractivity contribution in [3.05, 3.63) is 40.9 Å². The van der Waals surface area contributed by atoms with Crippen LogP contribution in [0.1, 0.15) is 11.6 Å². The molecule has 0 aliphatic carbocycles. The minimum Gasteiger partial charge on any atom is -0.439 e. The van der Waals surface area contributed by atoms with Gasteiger partial charge in [-0.05, 0) is 38.2 Å². The van der Waals surface area contributed by atoms with E-state index in [9.17, 15) is 13.2 Å². The van der Waals surface area contributed by atoms with Crippen molar-refractivity contribution < 1.29 is 22.7 Å². The van der Waals surface area contributed by atoms with Crippen molar-refractivity contribution in [1.29, 1.82) is 0 Å². The van der Waals surface area contributed by atoms with E-state index in [1.54, 1.807) is 31.2 Å². The van der Waals surface area contributed by atoms with Gasteiger partial charge in [0.25, 0.3) is 0 Å². The monoisotopic (exact) mass is 348 g/mol. The number of rotatable bonds is 5. The third kappa shape index (κ3) is 4.70. The van der Waals surface area contributed by atoms with Crippen molar-refractivity contribution in [3.8, 4) is 11.3 Å². The normalized spacial score (nSPS) is 13.6. The fraction of sp³-hybridized carbons (Fsp3) is 0.400. The van der Waals surface area contributed by atoms with Gasteiger partial charge in [0.15, 0.2) is 11.9 Å². The molecule has 1 unspecified atom stereocenters. The lowest BCUT2D eigenvalue weighted by molar-refractivity contribution is -0.207. The van der Waals surface area contributed by atoms with Gasteiger partial charge in [-0.2, -0.15) is 13.2 Å². The molecule has 0 aliphatic heterocycles. The number of alkyl halides is 3. The van der Waals surface area contributed by atoms with Crippen LogP contribution in [0.15, 0.2) is 28.7 Å². The van der Waals surface area contributed by atoms with Crippen LogP contribution >= 0.6 is 11.6 Å². The number of oxazole rings is 1. The van der Waals surface area contributed by atoms with Crippen LogP contribution in [0.5, 0.6) is 0 Å². The Morgan fingerprint density at radius 3 is 2.48 bits per heavy atom. The first-order valence-corrected chi connectivity index (χ1v) is 7.20. The van der Waals surface area contributed by atoms with Gasteiger partial charge in [0.1, 0.15) is 0 Å². The Bertz CT molecular complexity index is 656. The number of aromatic nitrogens is 1. The van der Waals surface area contributed by atoms with Crippen LogP contribution < -0.4 is 0 Å². The number of aliphatic hydroxyl groups is 1. The Labute approximate surface area is 136 Å². The molecule has 1 aromatic heterocycles. The molecule has 23 heavy (non-hydrogen) atoms.